The Labute approximate surface area is 80.4 Å². The van der Waals surface area contributed by atoms with E-state index in [1.807, 2.05) is 20.4 Å². The molecule has 0 radical (unpaired) electrons. The molecule has 5 heteroatoms. The molecule has 0 aromatic carbocycles. The van der Waals surface area contributed by atoms with Crippen LogP contribution in [-0.4, -0.2) is 27.1 Å². The lowest BCUT2D eigenvalue weighted by Gasteiger charge is -2.24. The van der Waals surface area contributed by atoms with Crippen molar-refractivity contribution >= 4 is 26.1 Å². The minimum atomic E-state index is -2.45. The van der Waals surface area contributed by atoms with Crippen LogP contribution in [0.2, 0.25) is 6.55 Å². The number of hydrogen-bond acceptors (Lipinski definition) is 4. The number of thiocarbonyl (C=S) groups is 1. The fourth-order valence-electron chi connectivity index (χ4n) is 0.886. The average molecular weight is 208 g/mol. The number of rotatable bonds is 5. The summed E-state index contributed by atoms with van der Waals surface area (Å²) in [6, 6.07) is 0. The standard InChI is InChI=1S/C7H16O3SSi/c1-5-8-12(4,9-6-2)10-7(3)11/h5-6H2,1-4H3. The molecular formula is C7H16O3SSi. The van der Waals surface area contributed by atoms with Crippen LogP contribution in [0.25, 0.3) is 0 Å². The summed E-state index contributed by atoms with van der Waals surface area (Å²) in [7, 11) is -2.45. The zero-order valence-corrected chi connectivity index (χ0v) is 9.86. The smallest absolute Gasteiger partial charge is 0.495 e. The molecule has 0 rings (SSSR count). The van der Waals surface area contributed by atoms with Gasteiger partial charge in [-0.3, -0.25) is 0 Å². The summed E-state index contributed by atoms with van der Waals surface area (Å²) in [5.74, 6) is 0. The third kappa shape index (κ3) is 4.81. The van der Waals surface area contributed by atoms with Crippen LogP contribution in [0.1, 0.15) is 20.8 Å². The summed E-state index contributed by atoms with van der Waals surface area (Å²) >= 11 is 4.82. The fourth-order valence-corrected chi connectivity index (χ4v) is 3.11. The maximum atomic E-state index is 5.39. The van der Waals surface area contributed by atoms with Crippen molar-refractivity contribution in [2.75, 3.05) is 13.2 Å². The Hall–Kier alpha value is 0.0269. The topological polar surface area (TPSA) is 27.7 Å². The molecule has 3 nitrogen and oxygen atoms in total. The highest BCUT2D eigenvalue weighted by Gasteiger charge is 2.36. The Morgan fingerprint density at radius 1 is 1.25 bits per heavy atom. The minimum absolute atomic E-state index is 0.478. The van der Waals surface area contributed by atoms with Crippen molar-refractivity contribution in [3.63, 3.8) is 0 Å². The van der Waals surface area contributed by atoms with Crippen LogP contribution in [0, 0.1) is 0 Å². The third-order valence-corrected chi connectivity index (χ3v) is 3.68. The van der Waals surface area contributed by atoms with E-state index in [9.17, 15) is 0 Å². The van der Waals surface area contributed by atoms with E-state index in [4.69, 9.17) is 25.5 Å². The SMILES string of the molecule is CCO[Si](C)(OCC)OC(C)=S. The molecule has 0 saturated carbocycles. The lowest BCUT2D eigenvalue weighted by atomic mass is 10.9. The van der Waals surface area contributed by atoms with E-state index in [0.717, 1.165) is 0 Å². The van der Waals surface area contributed by atoms with Gasteiger partial charge in [-0.25, -0.2) is 0 Å². The second kappa shape index (κ2) is 5.63. The van der Waals surface area contributed by atoms with Gasteiger partial charge in [0.25, 0.3) is 0 Å². The molecule has 0 aromatic rings. The molecule has 0 amide bonds. The lowest BCUT2D eigenvalue weighted by Crippen LogP contribution is -2.43. The summed E-state index contributed by atoms with van der Waals surface area (Å²) in [5, 5.41) is 0.478. The molecular weight excluding hydrogens is 192 g/mol. The summed E-state index contributed by atoms with van der Waals surface area (Å²) in [5.41, 5.74) is 0. The first-order valence-corrected chi connectivity index (χ1v) is 6.65. The molecule has 0 aliphatic heterocycles. The van der Waals surface area contributed by atoms with Crippen LogP contribution in [0.4, 0.5) is 0 Å². The molecule has 0 aliphatic carbocycles. The largest absolute Gasteiger partial charge is 0.563 e. The van der Waals surface area contributed by atoms with E-state index in [0.29, 0.717) is 18.3 Å². The van der Waals surface area contributed by atoms with Gasteiger partial charge in [0, 0.05) is 26.7 Å². The van der Waals surface area contributed by atoms with E-state index in [1.165, 1.54) is 0 Å². The first kappa shape index (κ1) is 12.0. The predicted octanol–water partition coefficient (Wildman–Crippen LogP) is 1.99. The lowest BCUT2D eigenvalue weighted by molar-refractivity contribution is 0.121. The average Bonchev–Trinajstić information content (AvgIpc) is 1.85. The fraction of sp³-hybridized carbons (Fsp3) is 0.857. The Morgan fingerprint density at radius 3 is 1.92 bits per heavy atom. The van der Waals surface area contributed by atoms with Crippen molar-refractivity contribution in [2.24, 2.45) is 0 Å². The van der Waals surface area contributed by atoms with Gasteiger partial charge >= 0.3 is 8.80 Å². The van der Waals surface area contributed by atoms with Crippen molar-refractivity contribution in [3.8, 4) is 0 Å². The molecule has 0 spiro atoms. The Kier molecular flexibility index (Phi) is 5.65. The summed E-state index contributed by atoms with van der Waals surface area (Å²) in [6.45, 7) is 8.56. The molecule has 0 N–H and O–H groups in total. The van der Waals surface area contributed by atoms with Crippen molar-refractivity contribution < 1.29 is 13.3 Å². The Morgan fingerprint density at radius 2 is 1.67 bits per heavy atom. The third-order valence-electron chi connectivity index (χ3n) is 1.14. The minimum Gasteiger partial charge on any atom is -0.495 e. The normalized spacial score (nSPS) is 11.3. The maximum absolute atomic E-state index is 5.39. The van der Waals surface area contributed by atoms with Gasteiger partial charge in [0.05, 0.1) is 0 Å². The van der Waals surface area contributed by atoms with Gasteiger partial charge < -0.3 is 13.3 Å². The first-order valence-electron chi connectivity index (χ1n) is 4.01. The van der Waals surface area contributed by atoms with Crippen LogP contribution in [0.3, 0.4) is 0 Å². The molecule has 0 aliphatic rings. The monoisotopic (exact) mass is 208 g/mol. The van der Waals surface area contributed by atoms with Gasteiger partial charge in [-0.1, -0.05) is 0 Å². The van der Waals surface area contributed by atoms with Crippen LogP contribution >= 0.6 is 12.2 Å². The van der Waals surface area contributed by atoms with E-state index < -0.39 is 8.80 Å². The van der Waals surface area contributed by atoms with Crippen molar-refractivity contribution in [2.45, 2.75) is 27.3 Å². The van der Waals surface area contributed by atoms with E-state index in [1.54, 1.807) is 6.92 Å². The summed E-state index contributed by atoms with van der Waals surface area (Å²) in [4.78, 5) is 0. The van der Waals surface area contributed by atoms with Crippen molar-refractivity contribution in [1.82, 2.24) is 0 Å². The second-order valence-corrected chi connectivity index (χ2v) is 5.40. The van der Waals surface area contributed by atoms with E-state index in [-0.39, 0.29) is 0 Å². The van der Waals surface area contributed by atoms with Crippen molar-refractivity contribution in [3.05, 3.63) is 0 Å². The summed E-state index contributed by atoms with van der Waals surface area (Å²) in [6.07, 6.45) is 0. The molecule has 0 bridgehead atoms. The molecule has 0 atom stereocenters. The quantitative estimate of drug-likeness (QED) is 0.510. The van der Waals surface area contributed by atoms with Crippen LogP contribution in [-0.2, 0) is 13.3 Å². The zero-order chi connectivity index (χ0) is 9.61. The van der Waals surface area contributed by atoms with Crippen molar-refractivity contribution in [1.29, 1.82) is 0 Å². The van der Waals surface area contributed by atoms with Gasteiger partial charge in [-0.05, 0) is 26.1 Å². The molecule has 72 valence electrons. The highest BCUT2D eigenvalue weighted by atomic mass is 32.1. The zero-order valence-electron chi connectivity index (χ0n) is 8.05. The molecule has 12 heavy (non-hydrogen) atoms. The van der Waals surface area contributed by atoms with E-state index >= 15 is 0 Å². The van der Waals surface area contributed by atoms with Gasteiger partial charge in [0.1, 0.15) is 5.05 Å². The first-order chi connectivity index (χ1) is 5.54. The van der Waals surface area contributed by atoms with Gasteiger partial charge in [0.2, 0.25) is 0 Å². The van der Waals surface area contributed by atoms with Crippen LogP contribution < -0.4 is 0 Å². The molecule has 0 saturated heterocycles. The second-order valence-electron chi connectivity index (χ2n) is 2.32. The van der Waals surface area contributed by atoms with Gasteiger partial charge in [0.15, 0.2) is 0 Å². The highest BCUT2D eigenvalue weighted by Crippen LogP contribution is 2.09. The Bertz CT molecular complexity index is 146. The van der Waals surface area contributed by atoms with E-state index in [2.05, 4.69) is 0 Å². The highest BCUT2D eigenvalue weighted by molar-refractivity contribution is 7.80. The molecule has 0 aromatic heterocycles. The summed E-state index contributed by atoms with van der Waals surface area (Å²) < 4.78 is 16.1. The Balaban J connectivity index is 4.07. The van der Waals surface area contributed by atoms with Crippen LogP contribution in [0.5, 0.6) is 0 Å². The van der Waals surface area contributed by atoms with Gasteiger partial charge in [-0.2, -0.15) is 0 Å². The number of hydrogen-bond donors (Lipinski definition) is 0. The predicted molar refractivity (Wildman–Crippen MR) is 54.2 cm³/mol. The molecule has 0 fully saturated rings. The maximum Gasteiger partial charge on any atom is 0.563 e. The molecule has 0 heterocycles. The van der Waals surface area contributed by atoms with Crippen LogP contribution in [0.15, 0.2) is 0 Å². The molecule has 0 unspecified atom stereocenters. The van der Waals surface area contributed by atoms with Gasteiger partial charge in [-0.15, -0.1) is 0 Å².